The third-order valence-corrected chi connectivity index (χ3v) is 5.32. The van der Waals surface area contributed by atoms with E-state index >= 15 is 0 Å². The van der Waals surface area contributed by atoms with Crippen LogP contribution >= 0.6 is 0 Å². The van der Waals surface area contributed by atoms with E-state index in [9.17, 15) is 18.0 Å². The predicted molar refractivity (Wildman–Crippen MR) is 111 cm³/mol. The fourth-order valence-electron chi connectivity index (χ4n) is 2.78. The average molecular weight is 420 g/mol. The molecule has 1 N–H and O–H groups in total. The number of benzene rings is 2. The summed E-state index contributed by atoms with van der Waals surface area (Å²) in [6.45, 7) is 3.79. The molecule has 0 aliphatic carbocycles. The number of ether oxygens (including phenoxy) is 2. The molecule has 29 heavy (non-hydrogen) atoms. The molecule has 2 aromatic carbocycles. The van der Waals surface area contributed by atoms with Gasteiger partial charge in [0.25, 0.3) is 0 Å². The second kappa shape index (κ2) is 9.42. The van der Waals surface area contributed by atoms with Crippen molar-refractivity contribution in [1.29, 1.82) is 0 Å². The number of rotatable bonds is 8. The van der Waals surface area contributed by atoms with Crippen LogP contribution in [0, 0.1) is 0 Å². The summed E-state index contributed by atoms with van der Waals surface area (Å²) in [6.07, 6.45) is 1.02. The van der Waals surface area contributed by atoms with Crippen LogP contribution in [0.15, 0.2) is 48.5 Å². The van der Waals surface area contributed by atoms with Crippen LogP contribution in [-0.2, 0) is 19.6 Å². The highest BCUT2D eigenvalue weighted by Crippen LogP contribution is 2.25. The van der Waals surface area contributed by atoms with E-state index in [0.717, 1.165) is 10.6 Å². The van der Waals surface area contributed by atoms with Crippen molar-refractivity contribution in [2.75, 3.05) is 29.6 Å². The molecule has 0 aliphatic rings. The van der Waals surface area contributed by atoms with E-state index < -0.39 is 27.9 Å². The Morgan fingerprint density at radius 2 is 1.72 bits per heavy atom. The van der Waals surface area contributed by atoms with Gasteiger partial charge in [0.1, 0.15) is 11.8 Å². The Morgan fingerprint density at radius 3 is 2.28 bits per heavy atom. The molecule has 2 rings (SSSR count). The molecule has 0 aliphatic heterocycles. The standard InChI is InChI=1S/C20H24N2O6S/c1-5-28-16-12-10-15(11-13-16)22(29(4,25)26)14(2)19(23)21-18-9-7-6-8-17(18)20(24)27-3/h6-14H,5H2,1-4H3,(H,21,23)/t14-/m0/s1. The Balaban J connectivity index is 2.32. The molecule has 1 atom stereocenters. The molecule has 1 amide bonds. The number of nitrogens with zero attached hydrogens (tertiary/aromatic N) is 1. The van der Waals surface area contributed by atoms with Crippen LogP contribution in [0.2, 0.25) is 0 Å². The first-order valence-electron chi connectivity index (χ1n) is 8.89. The fraction of sp³-hybridized carbons (Fsp3) is 0.300. The van der Waals surface area contributed by atoms with Crippen molar-refractivity contribution in [2.24, 2.45) is 0 Å². The molecule has 0 radical (unpaired) electrons. The summed E-state index contributed by atoms with van der Waals surface area (Å²) >= 11 is 0. The number of sulfonamides is 1. The van der Waals surface area contributed by atoms with Crippen molar-refractivity contribution >= 4 is 33.3 Å². The molecular weight excluding hydrogens is 396 g/mol. The second-order valence-corrected chi connectivity index (χ2v) is 8.05. The molecule has 0 heterocycles. The van der Waals surface area contributed by atoms with E-state index in [4.69, 9.17) is 9.47 Å². The zero-order valence-corrected chi connectivity index (χ0v) is 17.5. The summed E-state index contributed by atoms with van der Waals surface area (Å²) in [4.78, 5) is 24.7. The second-order valence-electron chi connectivity index (χ2n) is 6.19. The molecule has 8 nitrogen and oxygen atoms in total. The Morgan fingerprint density at radius 1 is 1.10 bits per heavy atom. The summed E-state index contributed by atoms with van der Waals surface area (Å²) in [5.74, 6) is -0.616. The maximum absolute atomic E-state index is 12.8. The molecule has 0 aromatic heterocycles. The number of methoxy groups -OCH3 is 1. The highest BCUT2D eigenvalue weighted by atomic mass is 32.2. The third-order valence-electron chi connectivity index (χ3n) is 4.08. The summed E-state index contributed by atoms with van der Waals surface area (Å²) in [6, 6.07) is 11.7. The van der Waals surface area contributed by atoms with Gasteiger partial charge >= 0.3 is 5.97 Å². The fourth-order valence-corrected chi connectivity index (χ4v) is 3.96. The van der Waals surface area contributed by atoms with Gasteiger partial charge in [-0.05, 0) is 50.2 Å². The molecule has 0 saturated heterocycles. The van der Waals surface area contributed by atoms with Crippen LogP contribution in [0.5, 0.6) is 5.75 Å². The van der Waals surface area contributed by atoms with E-state index in [1.807, 2.05) is 6.92 Å². The average Bonchev–Trinajstić information content (AvgIpc) is 2.68. The minimum atomic E-state index is -3.77. The molecule has 0 unspecified atom stereocenters. The van der Waals surface area contributed by atoms with Gasteiger partial charge in [-0.1, -0.05) is 12.1 Å². The van der Waals surface area contributed by atoms with Gasteiger partial charge in [0.15, 0.2) is 0 Å². The van der Waals surface area contributed by atoms with E-state index in [0.29, 0.717) is 18.0 Å². The lowest BCUT2D eigenvalue weighted by atomic mass is 10.1. The van der Waals surface area contributed by atoms with Gasteiger partial charge in [-0.25, -0.2) is 13.2 Å². The first-order chi connectivity index (χ1) is 13.7. The van der Waals surface area contributed by atoms with E-state index in [1.165, 1.54) is 20.1 Å². The van der Waals surface area contributed by atoms with Crippen LogP contribution < -0.4 is 14.4 Å². The van der Waals surface area contributed by atoms with Gasteiger partial charge in [0.05, 0.1) is 36.9 Å². The topological polar surface area (TPSA) is 102 Å². The molecule has 0 fully saturated rings. The number of nitrogens with one attached hydrogen (secondary N) is 1. The van der Waals surface area contributed by atoms with Crippen molar-refractivity contribution in [2.45, 2.75) is 19.9 Å². The van der Waals surface area contributed by atoms with E-state index in [1.54, 1.807) is 42.5 Å². The minimum Gasteiger partial charge on any atom is -0.494 e. The van der Waals surface area contributed by atoms with Crippen molar-refractivity contribution in [3.63, 3.8) is 0 Å². The SMILES string of the molecule is CCOc1ccc(N([C@@H](C)C(=O)Nc2ccccc2C(=O)OC)S(C)(=O)=O)cc1. The first-order valence-corrected chi connectivity index (χ1v) is 10.7. The van der Waals surface area contributed by atoms with Gasteiger partial charge in [-0.15, -0.1) is 0 Å². The smallest absolute Gasteiger partial charge is 0.339 e. The Kier molecular flexibility index (Phi) is 7.22. The number of amides is 1. The van der Waals surface area contributed by atoms with Crippen LogP contribution in [0.4, 0.5) is 11.4 Å². The number of anilines is 2. The maximum atomic E-state index is 12.8. The van der Waals surface area contributed by atoms with Gasteiger partial charge in [0, 0.05) is 0 Å². The predicted octanol–water partition coefficient (Wildman–Crippen LogP) is 2.67. The van der Waals surface area contributed by atoms with Crippen molar-refractivity contribution < 1.29 is 27.5 Å². The molecule has 156 valence electrons. The van der Waals surface area contributed by atoms with Crippen LogP contribution in [0.1, 0.15) is 24.2 Å². The molecule has 9 heteroatoms. The maximum Gasteiger partial charge on any atom is 0.339 e. The van der Waals surface area contributed by atoms with Crippen molar-refractivity contribution in [3.05, 3.63) is 54.1 Å². The number of para-hydroxylation sites is 1. The van der Waals surface area contributed by atoms with Gasteiger partial charge in [-0.3, -0.25) is 9.10 Å². The van der Waals surface area contributed by atoms with Crippen LogP contribution in [0.3, 0.4) is 0 Å². The number of esters is 1. The molecule has 0 bridgehead atoms. The molecule has 2 aromatic rings. The normalized spacial score (nSPS) is 12.0. The third kappa shape index (κ3) is 5.47. The monoisotopic (exact) mass is 420 g/mol. The van der Waals surface area contributed by atoms with Gasteiger partial charge < -0.3 is 14.8 Å². The molecule has 0 spiro atoms. The zero-order chi connectivity index (χ0) is 21.6. The number of carbonyl (C=O) groups is 2. The lowest BCUT2D eigenvalue weighted by Gasteiger charge is -2.28. The highest BCUT2D eigenvalue weighted by Gasteiger charge is 2.30. The van der Waals surface area contributed by atoms with E-state index in [2.05, 4.69) is 5.32 Å². The van der Waals surface area contributed by atoms with Gasteiger partial charge in [-0.2, -0.15) is 0 Å². The quantitative estimate of drug-likeness (QED) is 0.659. The van der Waals surface area contributed by atoms with Crippen molar-refractivity contribution in [3.8, 4) is 5.75 Å². The number of hydrogen-bond acceptors (Lipinski definition) is 6. The van der Waals surface area contributed by atoms with E-state index in [-0.39, 0.29) is 11.3 Å². The summed E-state index contributed by atoms with van der Waals surface area (Å²) in [5, 5.41) is 2.61. The Hall–Kier alpha value is -3.07. The number of hydrogen-bond donors (Lipinski definition) is 1. The summed E-state index contributed by atoms with van der Waals surface area (Å²) < 4.78 is 35.9. The zero-order valence-electron chi connectivity index (χ0n) is 16.7. The minimum absolute atomic E-state index is 0.169. The largest absolute Gasteiger partial charge is 0.494 e. The lowest BCUT2D eigenvalue weighted by Crippen LogP contribution is -2.45. The van der Waals surface area contributed by atoms with Crippen LogP contribution in [-0.4, -0.2) is 46.3 Å². The first kappa shape index (κ1) is 22.2. The Bertz CT molecular complexity index is 973. The van der Waals surface area contributed by atoms with Crippen LogP contribution in [0.25, 0.3) is 0 Å². The lowest BCUT2D eigenvalue weighted by molar-refractivity contribution is -0.116. The van der Waals surface area contributed by atoms with Crippen molar-refractivity contribution in [1.82, 2.24) is 0 Å². The summed E-state index contributed by atoms with van der Waals surface area (Å²) in [5.41, 5.74) is 0.721. The summed E-state index contributed by atoms with van der Waals surface area (Å²) in [7, 11) is -2.53. The Labute approximate surface area is 170 Å². The number of carbonyl (C=O) groups excluding carboxylic acids is 2. The van der Waals surface area contributed by atoms with Gasteiger partial charge in [0.2, 0.25) is 15.9 Å². The highest BCUT2D eigenvalue weighted by molar-refractivity contribution is 7.92. The molecular formula is C20H24N2O6S. The molecule has 0 saturated carbocycles.